The van der Waals surface area contributed by atoms with Crippen molar-refractivity contribution in [3.8, 4) is 11.4 Å². The lowest BCUT2D eigenvalue weighted by atomic mass is 9.94. The minimum atomic E-state index is -0.369. The molecule has 5 nitrogen and oxygen atoms in total. The van der Waals surface area contributed by atoms with Crippen LogP contribution in [0.15, 0.2) is 89.1 Å². The lowest BCUT2D eigenvalue weighted by molar-refractivity contribution is 0.404. The Bertz CT molecular complexity index is 1350. The van der Waals surface area contributed by atoms with E-state index in [1.165, 1.54) is 24.3 Å². The highest BCUT2D eigenvalue weighted by Gasteiger charge is 2.34. The first kappa shape index (κ1) is 21.0. The van der Waals surface area contributed by atoms with Crippen LogP contribution in [-0.2, 0) is 0 Å². The van der Waals surface area contributed by atoms with Crippen molar-refractivity contribution in [2.75, 3.05) is 4.90 Å². The molecule has 1 unspecified atom stereocenters. The first-order valence-corrected chi connectivity index (χ1v) is 10.6. The molecule has 8 heteroatoms. The van der Waals surface area contributed by atoms with Crippen molar-refractivity contribution in [2.24, 2.45) is 0 Å². The fourth-order valence-corrected chi connectivity index (χ4v) is 4.25. The van der Waals surface area contributed by atoms with Gasteiger partial charge in [0.25, 0.3) is 5.89 Å². The van der Waals surface area contributed by atoms with Crippen molar-refractivity contribution in [3.05, 3.63) is 108 Å². The Morgan fingerprint density at radius 2 is 1.70 bits per heavy atom. The van der Waals surface area contributed by atoms with Crippen LogP contribution in [0.25, 0.3) is 17.0 Å². The van der Waals surface area contributed by atoms with Gasteiger partial charge in [-0.2, -0.15) is 4.98 Å². The SMILES string of the molecule is CC1=C(c2nc(-c3ccc(F)cc3)no2)C(c2ccccc2)NC(=S)N1c1cccc(F)c1. The van der Waals surface area contributed by atoms with E-state index in [2.05, 4.69) is 15.5 Å². The van der Waals surface area contributed by atoms with Crippen LogP contribution < -0.4 is 10.2 Å². The van der Waals surface area contributed by atoms with Gasteiger partial charge >= 0.3 is 0 Å². The van der Waals surface area contributed by atoms with Gasteiger partial charge in [-0.25, -0.2) is 8.78 Å². The first-order chi connectivity index (χ1) is 16.0. The Kier molecular flexibility index (Phi) is 5.43. The van der Waals surface area contributed by atoms with Crippen molar-refractivity contribution in [1.82, 2.24) is 15.5 Å². The second kappa shape index (κ2) is 8.55. The van der Waals surface area contributed by atoms with E-state index in [1.54, 1.807) is 29.2 Å². The lowest BCUT2D eigenvalue weighted by Crippen LogP contribution is -2.46. The summed E-state index contributed by atoms with van der Waals surface area (Å²) in [7, 11) is 0. The molecule has 1 aliphatic rings. The lowest BCUT2D eigenvalue weighted by Gasteiger charge is -2.37. The van der Waals surface area contributed by atoms with Crippen molar-refractivity contribution in [2.45, 2.75) is 13.0 Å². The molecular weight excluding hydrogens is 442 g/mol. The van der Waals surface area contributed by atoms with E-state index in [-0.39, 0.29) is 23.6 Å². The van der Waals surface area contributed by atoms with E-state index in [1.807, 2.05) is 37.3 Å². The average Bonchev–Trinajstić information content (AvgIpc) is 3.29. The van der Waals surface area contributed by atoms with Gasteiger partial charge in [-0.15, -0.1) is 0 Å². The first-order valence-electron chi connectivity index (χ1n) is 10.2. The molecule has 0 saturated carbocycles. The molecule has 33 heavy (non-hydrogen) atoms. The van der Waals surface area contributed by atoms with Crippen LogP contribution in [0.3, 0.4) is 0 Å². The van der Waals surface area contributed by atoms with Gasteiger partial charge < -0.3 is 9.84 Å². The number of thiocarbonyl (C=S) groups is 1. The van der Waals surface area contributed by atoms with Gasteiger partial charge in [0.15, 0.2) is 5.11 Å². The molecule has 3 aromatic carbocycles. The number of hydrogen-bond acceptors (Lipinski definition) is 4. The Labute approximate surface area is 194 Å². The number of rotatable bonds is 4. The Morgan fingerprint density at radius 1 is 0.939 bits per heavy atom. The molecule has 0 bridgehead atoms. The summed E-state index contributed by atoms with van der Waals surface area (Å²) >= 11 is 5.66. The summed E-state index contributed by atoms with van der Waals surface area (Å²) in [4.78, 5) is 6.33. The predicted octanol–water partition coefficient (Wildman–Crippen LogP) is 5.88. The molecule has 1 atom stereocenters. The van der Waals surface area contributed by atoms with Crippen LogP contribution in [0.2, 0.25) is 0 Å². The molecule has 0 fully saturated rings. The molecule has 164 valence electrons. The average molecular weight is 461 g/mol. The number of benzene rings is 3. The number of halogens is 2. The van der Waals surface area contributed by atoms with Crippen molar-refractivity contribution < 1.29 is 13.3 Å². The summed E-state index contributed by atoms with van der Waals surface area (Å²) in [5, 5.41) is 7.86. The highest BCUT2D eigenvalue weighted by atomic mass is 32.1. The molecule has 0 spiro atoms. The van der Waals surface area contributed by atoms with Crippen molar-refractivity contribution >= 4 is 28.6 Å². The third-order valence-corrected chi connectivity index (χ3v) is 5.74. The fourth-order valence-electron chi connectivity index (χ4n) is 3.89. The molecule has 0 saturated heterocycles. The number of allylic oxidation sites excluding steroid dienone is 1. The van der Waals surface area contributed by atoms with Crippen LogP contribution in [-0.4, -0.2) is 15.3 Å². The van der Waals surface area contributed by atoms with Gasteiger partial charge in [-0.1, -0.05) is 41.6 Å². The van der Waals surface area contributed by atoms with E-state index >= 15 is 0 Å². The molecule has 2 heterocycles. The van der Waals surface area contributed by atoms with Crippen molar-refractivity contribution in [1.29, 1.82) is 0 Å². The Morgan fingerprint density at radius 3 is 2.42 bits per heavy atom. The third kappa shape index (κ3) is 4.01. The third-order valence-electron chi connectivity index (χ3n) is 5.44. The van der Waals surface area contributed by atoms with E-state index < -0.39 is 0 Å². The fraction of sp³-hybridized carbons (Fsp3) is 0.0800. The van der Waals surface area contributed by atoms with Gasteiger partial charge in [0, 0.05) is 11.3 Å². The van der Waals surface area contributed by atoms with Crippen LogP contribution in [0, 0.1) is 11.6 Å². The van der Waals surface area contributed by atoms with E-state index in [0.717, 1.165) is 11.3 Å². The van der Waals surface area contributed by atoms with Gasteiger partial charge in [-0.05, 0) is 67.2 Å². The van der Waals surface area contributed by atoms with Crippen LogP contribution >= 0.6 is 12.2 Å². The molecule has 0 aliphatic carbocycles. The van der Waals surface area contributed by atoms with E-state index in [0.29, 0.717) is 27.8 Å². The van der Waals surface area contributed by atoms with Crippen LogP contribution in [0.5, 0.6) is 0 Å². The van der Waals surface area contributed by atoms with E-state index in [9.17, 15) is 8.78 Å². The zero-order valence-electron chi connectivity index (χ0n) is 17.5. The van der Waals surface area contributed by atoms with Gasteiger partial charge in [-0.3, -0.25) is 4.90 Å². The summed E-state index contributed by atoms with van der Waals surface area (Å²) in [5.41, 5.74) is 3.59. The molecule has 1 aliphatic heterocycles. The monoisotopic (exact) mass is 460 g/mol. The zero-order valence-corrected chi connectivity index (χ0v) is 18.3. The second-order valence-corrected chi connectivity index (χ2v) is 7.92. The van der Waals surface area contributed by atoms with Gasteiger partial charge in [0.05, 0.1) is 17.3 Å². The maximum Gasteiger partial charge on any atom is 0.258 e. The summed E-state index contributed by atoms with van der Waals surface area (Å²) in [6.45, 7) is 1.88. The van der Waals surface area contributed by atoms with E-state index in [4.69, 9.17) is 16.7 Å². The zero-order chi connectivity index (χ0) is 22.9. The molecule has 1 aromatic heterocycles. The second-order valence-electron chi connectivity index (χ2n) is 7.54. The molecule has 0 amide bonds. The molecule has 0 radical (unpaired) electrons. The molecule has 1 N–H and O–H groups in total. The summed E-state index contributed by atoms with van der Waals surface area (Å²) in [6, 6.07) is 21.5. The maximum atomic E-state index is 14.0. The molecule has 4 aromatic rings. The quantitative estimate of drug-likeness (QED) is 0.384. The van der Waals surface area contributed by atoms with Crippen LogP contribution in [0.4, 0.5) is 14.5 Å². The molecule has 5 rings (SSSR count). The number of hydrogen-bond donors (Lipinski definition) is 1. The minimum Gasteiger partial charge on any atom is -0.351 e. The number of nitrogens with zero attached hydrogens (tertiary/aromatic N) is 3. The highest BCUT2D eigenvalue weighted by molar-refractivity contribution is 7.80. The number of aromatic nitrogens is 2. The van der Waals surface area contributed by atoms with Crippen molar-refractivity contribution in [3.63, 3.8) is 0 Å². The number of nitrogens with one attached hydrogen (secondary N) is 1. The number of anilines is 1. The maximum absolute atomic E-state index is 14.0. The molecular formula is C25H18F2N4OS. The Hall–Kier alpha value is -3.91. The highest BCUT2D eigenvalue weighted by Crippen LogP contribution is 2.39. The smallest absolute Gasteiger partial charge is 0.258 e. The van der Waals surface area contributed by atoms with Gasteiger partial charge in [0.1, 0.15) is 11.6 Å². The largest absolute Gasteiger partial charge is 0.351 e. The summed E-state index contributed by atoms with van der Waals surface area (Å²) in [6.07, 6.45) is 0. The normalized spacial score (nSPS) is 16.2. The topological polar surface area (TPSA) is 54.2 Å². The summed E-state index contributed by atoms with van der Waals surface area (Å²) in [5.74, 6) is -0.0910. The standard InChI is InChI=1S/C25H18F2N4OS/c1-15-21(24-29-23(30-32-24)17-10-12-18(26)13-11-17)22(16-6-3-2-4-7-16)28-25(33)31(15)20-9-5-8-19(27)14-20/h2-14,22H,1H3,(H,28,33). The van der Waals surface area contributed by atoms with Crippen LogP contribution in [0.1, 0.15) is 24.4 Å². The predicted molar refractivity (Wildman–Crippen MR) is 126 cm³/mol. The minimum absolute atomic E-state index is 0.289. The Balaban J connectivity index is 1.65. The summed E-state index contributed by atoms with van der Waals surface area (Å²) < 4.78 is 33.0. The van der Waals surface area contributed by atoms with Gasteiger partial charge in [0.2, 0.25) is 5.82 Å².